The van der Waals surface area contributed by atoms with E-state index in [0.717, 1.165) is 25.9 Å². The van der Waals surface area contributed by atoms with E-state index >= 15 is 0 Å². The number of hydrogen-bond donors (Lipinski definition) is 0. The summed E-state index contributed by atoms with van der Waals surface area (Å²) < 4.78 is 27.4. The Morgan fingerprint density at radius 1 is 0.958 bits per heavy atom. The molecule has 0 amide bonds. The lowest BCUT2D eigenvalue weighted by Crippen LogP contribution is -2.49. The molecule has 2 heterocycles. The monoisotopic (exact) mass is 364 g/mol. The molecule has 4 nitrogen and oxygen atoms in total. The van der Waals surface area contributed by atoms with Crippen molar-refractivity contribution in [2.24, 2.45) is 0 Å². The second kappa shape index (κ2) is 7.25. The van der Waals surface area contributed by atoms with Gasteiger partial charge in [-0.15, -0.1) is 11.3 Å². The quantitative estimate of drug-likeness (QED) is 0.817. The second-order valence-electron chi connectivity index (χ2n) is 5.96. The summed E-state index contributed by atoms with van der Waals surface area (Å²) in [4.78, 5) is 2.36. The minimum absolute atomic E-state index is 0.444. The summed E-state index contributed by atoms with van der Waals surface area (Å²) in [5, 5.41) is 1.81. The van der Waals surface area contributed by atoms with E-state index in [1.165, 1.54) is 28.2 Å². The van der Waals surface area contributed by atoms with Crippen molar-refractivity contribution in [2.75, 3.05) is 31.1 Å². The lowest BCUT2D eigenvalue weighted by atomic mass is 10.0. The average Bonchev–Trinajstić information content (AvgIpc) is 3.16. The maximum Gasteiger partial charge on any atom is 0.252 e. The van der Waals surface area contributed by atoms with Gasteiger partial charge in [-0.1, -0.05) is 38.1 Å². The minimum atomic E-state index is -3.33. The molecule has 3 rings (SSSR count). The maximum absolute atomic E-state index is 12.7. The molecule has 0 saturated carbocycles. The van der Waals surface area contributed by atoms with E-state index in [1.807, 2.05) is 5.38 Å². The molecule has 0 atom stereocenters. The molecule has 1 aromatic heterocycles. The smallest absolute Gasteiger partial charge is 0.252 e. The molecule has 0 N–H and O–H groups in total. The van der Waals surface area contributed by atoms with Gasteiger partial charge in [-0.3, -0.25) is 0 Å². The summed E-state index contributed by atoms with van der Waals surface area (Å²) in [6.07, 6.45) is 1.99. The molecule has 0 aliphatic carbocycles. The lowest BCUT2D eigenvalue weighted by molar-refractivity contribution is 0.385. The molecule has 1 fully saturated rings. The van der Waals surface area contributed by atoms with Crippen molar-refractivity contribution in [1.82, 2.24) is 4.31 Å². The van der Waals surface area contributed by atoms with Gasteiger partial charge in [0.1, 0.15) is 4.21 Å². The number of anilines is 1. The van der Waals surface area contributed by atoms with Crippen LogP contribution >= 0.6 is 11.3 Å². The standard InChI is InChI=1S/C18H24N2O2S2/c1-3-15-7-5-8-16(4-2)18(15)19-10-12-20(13-11-19)24(21,22)17-9-6-14-23-17/h5-9,14H,3-4,10-13H2,1-2H3. The van der Waals surface area contributed by atoms with Crippen molar-refractivity contribution < 1.29 is 8.42 Å². The third kappa shape index (κ3) is 3.23. The van der Waals surface area contributed by atoms with Crippen LogP contribution in [0.3, 0.4) is 0 Å². The molecule has 6 heteroatoms. The van der Waals surface area contributed by atoms with Crippen LogP contribution in [0.2, 0.25) is 0 Å². The van der Waals surface area contributed by atoms with Crippen molar-refractivity contribution in [3.8, 4) is 0 Å². The molecule has 2 aromatic rings. The van der Waals surface area contributed by atoms with Gasteiger partial charge in [0.05, 0.1) is 0 Å². The first-order chi connectivity index (χ1) is 11.6. The van der Waals surface area contributed by atoms with Gasteiger partial charge in [0.2, 0.25) is 0 Å². The molecule has 1 aliphatic rings. The number of benzene rings is 1. The normalized spacial score (nSPS) is 16.5. The fourth-order valence-electron chi connectivity index (χ4n) is 3.31. The zero-order valence-electron chi connectivity index (χ0n) is 14.2. The Balaban J connectivity index is 1.79. The highest BCUT2D eigenvalue weighted by molar-refractivity contribution is 7.91. The van der Waals surface area contributed by atoms with Crippen molar-refractivity contribution >= 4 is 27.0 Å². The van der Waals surface area contributed by atoms with Crippen LogP contribution in [-0.2, 0) is 22.9 Å². The highest BCUT2D eigenvalue weighted by Gasteiger charge is 2.30. The Labute approximate surface area is 148 Å². The number of nitrogens with zero attached hydrogens (tertiary/aromatic N) is 2. The van der Waals surface area contributed by atoms with Gasteiger partial charge >= 0.3 is 0 Å². The van der Waals surface area contributed by atoms with Crippen LogP contribution < -0.4 is 4.90 Å². The van der Waals surface area contributed by atoms with Crippen molar-refractivity contribution in [3.05, 3.63) is 46.8 Å². The third-order valence-corrected chi connectivity index (χ3v) is 7.88. The maximum atomic E-state index is 12.7. The fraction of sp³-hybridized carbons (Fsp3) is 0.444. The zero-order chi connectivity index (χ0) is 17.2. The van der Waals surface area contributed by atoms with Gasteiger partial charge in [-0.2, -0.15) is 4.31 Å². The van der Waals surface area contributed by atoms with Gasteiger partial charge in [-0.05, 0) is 35.4 Å². The van der Waals surface area contributed by atoms with E-state index < -0.39 is 10.0 Å². The molecule has 0 unspecified atom stereocenters. The van der Waals surface area contributed by atoms with E-state index in [0.29, 0.717) is 17.3 Å². The van der Waals surface area contributed by atoms with Gasteiger partial charge in [0, 0.05) is 31.9 Å². The largest absolute Gasteiger partial charge is 0.368 e. The molecule has 0 bridgehead atoms. The van der Waals surface area contributed by atoms with Crippen LogP contribution in [0.15, 0.2) is 39.9 Å². The molecular weight excluding hydrogens is 340 g/mol. The zero-order valence-corrected chi connectivity index (χ0v) is 15.9. The van der Waals surface area contributed by atoms with Gasteiger partial charge < -0.3 is 4.90 Å². The van der Waals surface area contributed by atoms with Crippen LogP contribution in [0.5, 0.6) is 0 Å². The predicted molar refractivity (Wildman–Crippen MR) is 100 cm³/mol. The van der Waals surface area contributed by atoms with Crippen LogP contribution in [0.4, 0.5) is 5.69 Å². The van der Waals surface area contributed by atoms with Gasteiger partial charge in [0.15, 0.2) is 0 Å². The number of rotatable bonds is 5. The molecule has 0 spiro atoms. The van der Waals surface area contributed by atoms with E-state index in [4.69, 9.17) is 0 Å². The summed E-state index contributed by atoms with van der Waals surface area (Å²) in [7, 11) is -3.33. The minimum Gasteiger partial charge on any atom is -0.368 e. The highest BCUT2D eigenvalue weighted by Crippen LogP contribution is 2.29. The second-order valence-corrected chi connectivity index (χ2v) is 9.07. The Morgan fingerprint density at radius 3 is 2.08 bits per heavy atom. The Bertz CT molecular complexity index is 755. The molecule has 130 valence electrons. The Kier molecular flexibility index (Phi) is 5.27. The molecule has 0 radical (unpaired) electrons. The SMILES string of the molecule is CCc1cccc(CC)c1N1CCN(S(=O)(=O)c2cccs2)CC1. The summed E-state index contributed by atoms with van der Waals surface area (Å²) in [5.74, 6) is 0. The van der Waals surface area contributed by atoms with Gasteiger partial charge in [0.25, 0.3) is 10.0 Å². The highest BCUT2D eigenvalue weighted by atomic mass is 32.2. The van der Waals surface area contributed by atoms with Crippen LogP contribution in [-0.4, -0.2) is 38.9 Å². The fourth-order valence-corrected chi connectivity index (χ4v) is 5.88. The summed E-state index contributed by atoms with van der Waals surface area (Å²) >= 11 is 1.29. The van der Waals surface area contributed by atoms with Crippen molar-refractivity contribution in [3.63, 3.8) is 0 Å². The summed E-state index contributed by atoms with van der Waals surface area (Å²) in [5.41, 5.74) is 4.02. The third-order valence-electron chi connectivity index (χ3n) is 4.61. The van der Waals surface area contributed by atoms with E-state index in [-0.39, 0.29) is 0 Å². The van der Waals surface area contributed by atoms with E-state index in [1.54, 1.807) is 16.4 Å². The number of thiophene rings is 1. The molecule has 1 aromatic carbocycles. The van der Waals surface area contributed by atoms with Crippen molar-refractivity contribution in [1.29, 1.82) is 0 Å². The van der Waals surface area contributed by atoms with Gasteiger partial charge in [-0.25, -0.2) is 8.42 Å². The van der Waals surface area contributed by atoms with E-state index in [9.17, 15) is 8.42 Å². The van der Waals surface area contributed by atoms with Crippen LogP contribution in [0.25, 0.3) is 0 Å². The van der Waals surface area contributed by atoms with Crippen LogP contribution in [0.1, 0.15) is 25.0 Å². The molecule has 1 saturated heterocycles. The Hall–Kier alpha value is -1.37. The summed E-state index contributed by atoms with van der Waals surface area (Å²) in [6, 6.07) is 9.97. The first-order valence-electron chi connectivity index (χ1n) is 8.47. The number of piperazine rings is 1. The number of sulfonamides is 1. The lowest BCUT2D eigenvalue weighted by Gasteiger charge is -2.37. The van der Waals surface area contributed by atoms with E-state index in [2.05, 4.69) is 36.9 Å². The number of para-hydroxylation sites is 1. The molecule has 1 aliphatic heterocycles. The van der Waals surface area contributed by atoms with Crippen LogP contribution in [0, 0.1) is 0 Å². The first kappa shape index (κ1) is 17.5. The molecular formula is C18H24N2O2S2. The van der Waals surface area contributed by atoms with Crippen molar-refractivity contribution in [2.45, 2.75) is 30.9 Å². The first-order valence-corrected chi connectivity index (χ1v) is 10.8. The number of hydrogen-bond acceptors (Lipinski definition) is 4. The topological polar surface area (TPSA) is 40.6 Å². The predicted octanol–water partition coefficient (Wildman–Crippen LogP) is 3.38. The average molecular weight is 365 g/mol. The Morgan fingerprint density at radius 2 is 1.58 bits per heavy atom. The summed E-state index contributed by atoms with van der Waals surface area (Å²) in [6.45, 7) is 6.93. The molecule has 24 heavy (non-hydrogen) atoms. The number of aryl methyl sites for hydroxylation is 2.